The molecule has 0 radical (unpaired) electrons. The number of carbonyl (C=O) groups excluding carboxylic acids is 1. The summed E-state index contributed by atoms with van der Waals surface area (Å²) in [6.07, 6.45) is 0. The minimum atomic E-state index is -0.323. The molecule has 2 aromatic carbocycles. The van der Waals surface area contributed by atoms with Crippen LogP contribution in [0.25, 0.3) is 10.9 Å². The smallest absolute Gasteiger partial charge is 0.237 e. The summed E-state index contributed by atoms with van der Waals surface area (Å²) < 4.78 is 11.1. The first-order valence-electron chi connectivity index (χ1n) is 8.71. The lowest BCUT2D eigenvalue weighted by Gasteiger charge is -2.19. The molecule has 3 aromatic rings. The van der Waals surface area contributed by atoms with E-state index in [1.807, 2.05) is 50.2 Å². The average molecular weight is 381 g/mol. The van der Waals surface area contributed by atoms with Crippen molar-refractivity contribution >= 4 is 34.3 Å². The number of thioether (sulfide) groups is 1. The van der Waals surface area contributed by atoms with E-state index >= 15 is 0 Å². The fourth-order valence-corrected chi connectivity index (χ4v) is 3.82. The highest BCUT2D eigenvalue weighted by Gasteiger charge is 2.19. The first kappa shape index (κ1) is 17.6. The molecule has 27 heavy (non-hydrogen) atoms. The Morgan fingerprint density at radius 1 is 1.11 bits per heavy atom. The SMILES string of the molecule is Cc1nc(S[C@@H](C)C(=O)Nc2ccc3c(c2)OCCO3)c2ccccc2n1. The number of ether oxygens (including phenoxy) is 2. The predicted molar refractivity (Wildman–Crippen MR) is 106 cm³/mol. The maximum atomic E-state index is 12.7. The molecule has 6 nitrogen and oxygen atoms in total. The van der Waals surface area contributed by atoms with Crippen LogP contribution >= 0.6 is 11.8 Å². The first-order valence-corrected chi connectivity index (χ1v) is 9.59. The van der Waals surface area contributed by atoms with Gasteiger partial charge >= 0.3 is 0 Å². The summed E-state index contributed by atoms with van der Waals surface area (Å²) in [5.74, 6) is 1.94. The Balaban J connectivity index is 1.50. The van der Waals surface area contributed by atoms with Crippen LogP contribution in [0.1, 0.15) is 12.7 Å². The largest absolute Gasteiger partial charge is 0.486 e. The molecule has 0 bridgehead atoms. The topological polar surface area (TPSA) is 73.3 Å². The number of hydrogen-bond donors (Lipinski definition) is 1. The number of benzene rings is 2. The highest BCUT2D eigenvalue weighted by molar-refractivity contribution is 8.00. The number of para-hydroxylation sites is 1. The van der Waals surface area contributed by atoms with Crippen molar-refractivity contribution in [2.45, 2.75) is 24.1 Å². The molecule has 1 amide bonds. The molecule has 4 rings (SSSR count). The van der Waals surface area contributed by atoms with Gasteiger partial charge in [0.1, 0.15) is 24.1 Å². The van der Waals surface area contributed by atoms with Gasteiger partial charge in [0.2, 0.25) is 5.91 Å². The zero-order chi connectivity index (χ0) is 18.8. The van der Waals surface area contributed by atoms with Crippen molar-refractivity contribution in [1.82, 2.24) is 9.97 Å². The van der Waals surface area contributed by atoms with Crippen LogP contribution < -0.4 is 14.8 Å². The van der Waals surface area contributed by atoms with Gasteiger partial charge in [-0.1, -0.05) is 30.0 Å². The number of nitrogens with one attached hydrogen (secondary N) is 1. The number of aromatic nitrogens is 2. The molecule has 1 N–H and O–H groups in total. The second kappa shape index (κ2) is 7.44. The molecule has 0 saturated carbocycles. The summed E-state index contributed by atoms with van der Waals surface area (Å²) in [6.45, 7) is 4.77. The molecule has 1 atom stereocenters. The lowest BCUT2D eigenvalue weighted by atomic mass is 10.2. The van der Waals surface area contributed by atoms with Gasteiger partial charge in [0, 0.05) is 17.1 Å². The number of amides is 1. The second-order valence-electron chi connectivity index (χ2n) is 6.20. The number of hydrogen-bond acceptors (Lipinski definition) is 6. The van der Waals surface area contributed by atoms with Gasteiger partial charge < -0.3 is 14.8 Å². The van der Waals surface area contributed by atoms with E-state index in [0.717, 1.165) is 15.9 Å². The molecule has 0 spiro atoms. The number of nitrogens with zero attached hydrogens (tertiary/aromatic N) is 2. The van der Waals surface area contributed by atoms with E-state index in [2.05, 4.69) is 15.3 Å². The van der Waals surface area contributed by atoms with E-state index in [0.29, 0.717) is 36.2 Å². The summed E-state index contributed by atoms with van der Waals surface area (Å²) in [5.41, 5.74) is 1.56. The fraction of sp³-hybridized carbons (Fsp3) is 0.250. The van der Waals surface area contributed by atoms with Gasteiger partial charge in [0.25, 0.3) is 0 Å². The minimum absolute atomic E-state index is 0.1000. The molecule has 0 saturated heterocycles. The number of aryl methyl sites for hydroxylation is 1. The molecule has 0 fully saturated rings. The number of fused-ring (bicyclic) bond motifs is 2. The summed E-state index contributed by atoms with van der Waals surface area (Å²) >= 11 is 1.42. The van der Waals surface area contributed by atoms with Gasteiger partial charge in [0.15, 0.2) is 11.5 Å². The van der Waals surface area contributed by atoms with Crippen LogP contribution in [0, 0.1) is 6.92 Å². The Bertz CT molecular complexity index is 1010. The van der Waals surface area contributed by atoms with E-state index in [1.54, 1.807) is 6.07 Å². The van der Waals surface area contributed by atoms with Crippen LogP contribution in [0.15, 0.2) is 47.5 Å². The summed E-state index contributed by atoms with van der Waals surface area (Å²) in [6, 6.07) is 13.2. The Morgan fingerprint density at radius 3 is 2.74 bits per heavy atom. The van der Waals surface area contributed by atoms with Gasteiger partial charge in [0.05, 0.1) is 10.8 Å². The summed E-state index contributed by atoms with van der Waals surface area (Å²) in [4.78, 5) is 21.6. The van der Waals surface area contributed by atoms with Crippen molar-refractivity contribution in [3.8, 4) is 11.5 Å². The Morgan fingerprint density at radius 2 is 1.89 bits per heavy atom. The monoisotopic (exact) mass is 381 g/mol. The highest BCUT2D eigenvalue weighted by Crippen LogP contribution is 2.33. The van der Waals surface area contributed by atoms with Crippen molar-refractivity contribution < 1.29 is 14.3 Å². The molecule has 1 aromatic heterocycles. The molecule has 2 heterocycles. The third-order valence-electron chi connectivity index (χ3n) is 4.15. The van der Waals surface area contributed by atoms with Gasteiger partial charge in [-0.05, 0) is 32.0 Å². The van der Waals surface area contributed by atoms with Gasteiger partial charge in [-0.3, -0.25) is 4.79 Å². The number of rotatable bonds is 4. The van der Waals surface area contributed by atoms with E-state index < -0.39 is 0 Å². The van der Waals surface area contributed by atoms with Crippen LogP contribution in [0.2, 0.25) is 0 Å². The van der Waals surface area contributed by atoms with E-state index in [9.17, 15) is 4.79 Å². The maximum absolute atomic E-state index is 12.7. The molecule has 1 aliphatic rings. The Hall–Kier alpha value is -2.80. The van der Waals surface area contributed by atoms with Crippen LogP contribution in [0.5, 0.6) is 11.5 Å². The van der Waals surface area contributed by atoms with Crippen LogP contribution in [0.4, 0.5) is 5.69 Å². The van der Waals surface area contributed by atoms with Crippen LogP contribution in [-0.4, -0.2) is 34.3 Å². The first-order chi connectivity index (χ1) is 13.1. The normalized spacial score (nSPS) is 14.0. The van der Waals surface area contributed by atoms with Gasteiger partial charge in [-0.15, -0.1) is 0 Å². The lowest BCUT2D eigenvalue weighted by Crippen LogP contribution is -2.23. The Kier molecular flexibility index (Phi) is 4.85. The molecular weight excluding hydrogens is 362 g/mol. The fourth-order valence-electron chi connectivity index (χ4n) is 2.83. The predicted octanol–water partition coefficient (Wildman–Crippen LogP) is 3.83. The third-order valence-corrected chi connectivity index (χ3v) is 5.25. The zero-order valence-electron chi connectivity index (χ0n) is 15.1. The standard InChI is InChI=1S/C20H19N3O3S/c1-12(27-20-15-5-3-4-6-16(15)21-13(2)22-20)19(24)23-14-7-8-17-18(11-14)26-10-9-25-17/h3-8,11-12H,9-10H2,1-2H3,(H,23,24)/t12-/m0/s1. The van der Waals surface area contributed by atoms with Gasteiger partial charge in [-0.2, -0.15) is 0 Å². The summed E-state index contributed by atoms with van der Waals surface area (Å²) in [7, 11) is 0. The molecule has 1 aliphatic heterocycles. The second-order valence-corrected chi connectivity index (χ2v) is 7.53. The van der Waals surface area contributed by atoms with Crippen LogP contribution in [-0.2, 0) is 4.79 Å². The van der Waals surface area contributed by atoms with Crippen molar-refractivity contribution in [2.75, 3.05) is 18.5 Å². The van der Waals surface area contributed by atoms with Crippen LogP contribution in [0.3, 0.4) is 0 Å². The van der Waals surface area contributed by atoms with Crippen molar-refractivity contribution in [3.05, 3.63) is 48.3 Å². The molecular formula is C20H19N3O3S. The molecule has 0 unspecified atom stereocenters. The summed E-state index contributed by atoms with van der Waals surface area (Å²) in [5, 5.41) is 4.37. The van der Waals surface area contributed by atoms with E-state index in [4.69, 9.17) is 9.47 Å². The van der Waals surface area contributed by atoms with E-state index in [1.165, 1.54) is 11.8 Å². The van der Waals surface area contributed by atoms with Gasteiger partial charge in [-0.25, -0.2) is 9.97 Å². The molecule has 7 heteroatoms. The van der Waals surface area contributed by atoms with Crippen molar-refractivity contribution in [1.29, 1.82) is 0 Å². The zero-order valence-corrected chi connectivity index (χ0v) is 15.9. The highest BCUT2D eigenvalue weighted by atomic mass is 32.2. The number of carbonyl (C=O) groups is 1. The maximum Gasteiger partial charge on any atom is 0.237 e. The lowest BCUT2D eigenvalue weighted by molar-refractivity contribution is -0.115. The van der Waals surface area contributed by atoms with Crippen molar-refractivity contribution in [3.63, 3.8) is 0 Å². The Labute approximate surface area is 161 Å². The van der Waals surface area contributed by atoms with E-state index in [-0.39, 0.29) is 11.2 Å². The third kappa shape index (κ3) is 3.83. The quantitative estimate of drug-likeness (QED) is 0.547. The molecule has 0 aliphatic carbocycles. The number of anilines is 1. The van der Waals surface area contributed by atoms with Crippen molar-refractivity contribution in [2.24, 2.45) is 0 Å². The molecule has 138 valence electrons. The minimum Gasteiger partial charge on any atom is -0.486 e. The average Bonchev–Trinajstić information content (AvgIpc) is 2.67.